The number of hydrogen-bond donors (Lipinski definition) is 0. The normalized spacial score (nSPS) is 20.9. The Hall–Kier alpha value is -3.60. The molecule has 0 spiro atoms. The highest BCUT2D eigenvalue weighted by molar-refractivity contribution is 6.03. The summed E-state index contributed by atoms with van der Waals surface area (Å²) in [6.45, 7) is 2.49. The molecular formula is C27H25NO4. The van der Waals surface area contributed by atoms with Gasteiger partial charge in [-0.1, -0.05) is 60.7 Å². The quantitative estimate of drug-likeness (QED) is 0.565. The molecule has 32 heavy (non-hydrogen) atoms. The number of carbonyl (C=O) groups is 2. The summed E-state index contributed by atoms with van der Waals surface area (Å²) in [6, 6.07) is 22.9. The van der Waals surface area contributed by atoms with Gasteiger partial charge in [0.1, 0.15) is 11.2 Å². The summed E-state index contributed by atoms with van der Waals surface area (Å²) in [5, 5.41) is 0. The lowest BCUT2D eigenvalue weighted by Crippen LogP contribution is -2.54. The van der Waals surface area contributed by atoms with E-state index in [0.29, 0.717) is 29.8 Å². The van der Waals surface area contributed by atoms with Crippen LogP contribution in [0.4, 0.5) is 0 Å². The summed E-state index contributed by atoms with van der Waals surface area (Å²) in [5.41, 5.74) is 3.30. The van der Waals surface area contributed by atoms with E-state index < -0.39 is 11.5 Å². The first-order valence-corrected chi connectivity index (χ1v) is 10.9. The van der Waals surface area contributed by atoms with Gasteiger partial charge in [-0.15, -0.1) is 0 Å². The fraction of sp³-hybridized carbons (Fsp3) is 0.259. The predicted molar refractivity (Wildman–Crippen MR) is 121 cm³/mol. The third-order valence-corrected chi connectivity index (χ3v) is 6.63. The van der Waals surface area contributed by atoms with Crippen molar-refractivity contribution in [2.24, 2.45) is 0 Å². The number of rotatable bonds is 5. The molecule has 0 aromatic heterocycles. The third kappa shape index (κ3) is 2.92. The van der Waals surface area contributed by atoms with Crippen LogP contribution in [0.15, 0.2) is 72.8 Å². The number of amides is 1. The molecule has 1 heterocycles. The van der Waals surface area contributed by atoms with Crippen LogP contribution in [0.5, 0.6) is 5.75 Å². The molecule has 3 aromatic carbocycles. The molecule has 0 N–H and O–H groups in total. The molecular weight excluding hydrogens is 402 g/mol. The molecule has 1 aliphatic carbocycles. The monoisotopic (exact) mass is 427 g/mol. The Morgan fingerprint density at radius 3 is 2.56 bits per heavy atom. The number of esters is 1. The Labute approximate surface area is 187 Å². The van der Waals surface area contributed by atoms with Crippen LogP contribution in [0.2, 0.25) is 0 Å². The van der Waals surface area contributed by atoms with Gasteiger partial charge in [-0.2, -0.15) is 0 Å². The number of methoxy groups -OCH3 is 1. The van der Waals surface area contributed by atoms with Gasteiger partial charge in [0.25, 0.3) is 5.91 Å². The number of nitrogens with zero attached hydrogens (tertiary/aromatic N) is 1. The SMILES string of the molecule is CCOC(=O)[C@]12Cc3ccccc3[C@H]1N(Cc1ccccc1)C(=O)c1cc(OC)ccc12. The maximum absolute atomic E-state index is 13.9. The maximum atomic E-state index is 13.9. The van der Waals surface area contributed by atoms with E-state index in [0.717, 1.165) is 16.7 Å². The lowest BCUT2D eigenvalue weighted by atomic mass is 9.69. The molecule has 2 aliphatic rings. The number of carbonyl (C=O) groups excluding carboxylic acids is 2. The number of fused-ring (bicyclic) bond motifs is 5. The molecule has 0 fully saturated rings. The number of ether oxygens (including phenoxy) is 2. The van der Waals surface area contributed by atoms with Crippen molar-refractivity contribution in [1.29, 1.82) is 0 Å². The van der Waals surface area contributed by atoms with Gasteiger partial charge < -0.3 is 14.4 Å². The first-order chi connectivity index (χ1) is 15.6. The minimum absolute atomic E-state index is 0.107. The van der Waals surface area contributed by atoms with Crippen LogP contribution in [-0.4, -0.2) is 30.5 Å². The molecule has 3 aromatic rings. The summed E-state index contributed by atoms with van der Waals surface area (Å²) in [5.74, 6) is 0.187. The van der Waals surface area contributed by atoms with Crippen molar-refractivity contribution in [2.45, 2.75) is 31.3 Å². The minimum atomic E-state index is -0.996. The van der Waals surface area contributed by atoms with E-state index in [1.54, 1.807) is 13.2 Å². The predicted octanol–water partition coefficient (Wildman–Crippen LogP) is 4.45. The van der Waals surface area contributed by atoms with Crippen LogP contribution < -0.4 is 4.74 Å². The van der Waals surface area contributed by atoms with Gasteiger partial charge >= 0.3 is 5.97 Å². The molecule has 0 bridgehead atoms. The van der Waals surface area contributed by atoms with Gasteiger partial charge in [0, 0.05) is 12.1 Å². The summed E-state index contributed by atoms with van der Waals surface area (Å²) >= 11 is 0. The maximum Gasteiger partial charge on any atom is 0.319 e. The van der Waals surface area contributed by atoms with E-state index in [1.165, 1.54) is 0 Å². The average Bonchev–Trinajstić information content (AvgIpc) is 3.18. The van der Waals surface area contributed by atoms with Crippen molar-refractivity contribution >= 4 is 11.9 Å². The topological polar surface area (TPSA) is 55.8 Å². The Kier molecular flexibility index (Phi) is 4.97. The summed E-state index contributed by atoms with van der Waals surface area (Å²) < 4.78 is 11.1. The molecule has 1 amide bonds. The van der Waals surface area contributed by atoms with E-state index >= 15 is 0 Å². The largest absolute Gasteiger partial charge is 0.497 e. The first kappa shape index (κ1) is 20.3. The fourth-order valence-corrected chi connectivity index (χ4v) is 5.29. The molecule has 162 valence electrons. The lowest BCUT2D eigenvalue weighted by molar-refractivity contribution is -0.153. The summed E-state index contributed by atoms with van der Waals surface area (Å²) in [6.07, 6.45) is 0.491. The Bertz CT molecular complexity index is 1190. The highest BCUT2D eigenvalue weighted by Gasteiger charge is 2.61. The average molecular weight is 428 g/mol. The van der Waals surface area contributed by atoms with E-state index in [1.807, 2.05) is 78.6 Å². The zero-order valence-corrected chi connectivity index (χ0v) is 18.2. The Morgan fingerprint density at radius 2 is 1.81 bits per heavy atom. The van der Waals surface area contributed by atoms with Gasteiger partial charge in [0.15, 0.2) is 0 Å². The molecule has 5 heteroatoms. The molecule has 0 unspecified atom stereocenters. The second-order valence-corrected chi connectivity index (χ2v) is 8.30. The van der Waals surface area contributed by atoms with Gasteiger partial charge in [0.05, 0.1) is 19.8 Å². The first-order valence-electron chi connectivity index (χ1n) is 10.9. The lowest BCUT2D eigenvalue weighted by Gasteiger charge is -2.45. The second kappa shape index (κ2) is 7.83. The van der Waals surface area contributed by atoms with Gasteiger partial charge in [-0.3, -0.25) is 9.59 Å². The van der Waals surface area contributed by atoms with Crippen molar-refractivity contribution < 1.29 is 19.1 Å². The molecule has 0 radical (unpaired) electrons. The van der Waals surface area contributed by atoms with Crippen LogP contribution in [0.3, 0.4) is 0 Å². The van der Waals surface area contributed by atoms with Crippen LogP contribution in [-0.2, 0) is 27.9 Å². The zero-order valence-electron chi connectivity index (χ0n) is 18.2. The van der Waals surface area contributed by atoms with Crippen LogP contribution >= 0.6 is 0 Å². The molecule has 5 nitrogen and oxygen atoms in total. The summed E-state index contributed by atoms with van der Waals surface area (Å²) in [7, 11) is 1.58. The highest BCUT2D eigenvalue weighted by Crippen LogP contribution is 2.56. The van der Waals surface area contributed by atoms with Crippen LogP contribution in [0.1, 0.15) is 45.6 Å². The van der Waals surface area contributed by atoms with E-state index in [9.17, 15) is 9.59 Å². The number of hydrogen-bond acceptors (Lipinski definition) is 4. The van der Waals surface area contributed by atoms with Gasteiger partial charge in [-0.25, -0.2) is 0 Å². The van der Waals surface area contributed by atoms with Gasteiger partial charge in [-0.05, 0) is 47.7 Å². The van der Waals surface area contributed by atoms with Crippen molar-refractivity contribution in [1.82, 2.24) is 4.90 Å². The molecule has 5 rings (SSSR count). The Morgan fingerprint density at radius 1 is 1.06 bits per heavy atom. The van der Waals surface area contributed by atoms with Gasteiger partial charge in [0.2, 0.25) is 0 Å². The Balaban J connectivity index is 1.77. The van der Waals surface area contributed by atoms with E-state index in [2.05, 4.69) is 0 Å². The standard InChI is InChI=1S/C27H25NO4/c1-3-32-26(30)27-16-19-11-7-8-12-21(19)24(27)28(17-18-9-5-4-6-10-18)25(29)22-15-20(31-2)13-14-23(22)27/h4-15,24H,3,16-17H2,1-2H3/t24-,27+/m1/s1. The van der Waals surface area contributed by atoms with Crippen LogP contribution in [0.25, 0.3) is 0 Å². The van der Waals surface area contributed by atoms with Crippen molar-refractivity contribution in [3.8, 4) is 5.75 Å². The van der Waals surface area contributed by atoms with E-state index in [-0.39, 0.29) is 18.5 Å². The zero-order chi connectivity index (χ0) is 22.3. The third-order valence-electron chi connectivity index (χ3n) is 6.63. The fourth-order valence-electron chi connectivity index (χ4n) is 5.29. The minimum Gasteiger partial charge on any atom is -0.497 e. The van der Waals surface area contributed by atoms with Crippen molar-refractivity contribution in [3.63, 3.8) is 0 Å². The molecule has 2 atom stereocenters. The molecule has 0 saturated carbocycles. The van der Waals surface area contributed by atoms with E-state index in [4.69, 9.17) is 9.47 Å². The molecule has 0 saturated heterocycles. The second-order valence-electron chi connectivity index (χ2n) is 8.30. The van der Waals surface area contributed by atoms with Crippen molar-refractivity contribution in [2.75, 3.05) is 13.7 Å². The molecule has 1 aliphatic heterocycles. The van der Waals surface area contributed by atoms with Crippen molar-refractivity contribution in [3.05, 3.63) is 101 Å². The number of benzene rings is 3. The summed E-state index contributed by atoms with van der Waals surface area (Å²) in [4.78, 5) is 29.4. The smallest absolute Gasteiger partial charge is 0.319 e. The highest BCUT2D eigenvalue weighted by atomic mass is 16.5. The van der Waals surface area contributed by atoms with Crippen LogP contribution in [0, 0.1) is 0 Å².